The van der Waals surface area contributed by atoms with Crippen molar-refractivity contribution in [3.8, 4) is 5.75 Å². The van der Waals surface area contributed by atoms with Gasteiger partial charge >= 0.3 is 0 Å². The Hall–Kier alpha value is -1.51. The van der Waals surface area contributed by atoms with Gasteiger partial charge in [-0.1, -0.05) is 18.6 Å². The highest BCUT2D eigenvalue weighted by atomic mass is 16.5. The molecule has 1 amide bonds. The van der Waals surface area contributed by atoms with Gasteiger partial charge in [0.2, 0.25) is 5.91 Å². The van der Waals surface area contributed by atoms with Crippen molar-refractivity contribution >= 4 is 5.91 Å². The van der Waals surface area contributed by atoms with Crippen LogP contribution in [0, 0.1) is 18.8 Å². The van der Waals surface area contributed by atoms with Gasteiger partial charge in [0, 0.05) is 6.04 Å². The molecule has 0 aliphatic heterocycles. The van der Waals surface area contributed by atoms with Gasteiger partial charge in [-0.3, -0.25) is 4.79 Å². The number of carbonyl (C=O) groups excluding carboxylic acids is 1. The van der Waals surface area contributed by atoms with E-state index in [1.807, 2.05) is 25.1 Å². The highest BCUT2D eigenvalue weighted by Gasteiger charge is 2.39. The Morgan fingerprint density at radius 1 is 1.35 bits per heavy atom. The lowest BCUT2D eigenvalue weighted by molar-refractivity contribution is -0.121. The van der Waals surface area contributed by atoms with E-state index in [4.69, 9.17) is 4.74 Å². The lowest BCUT2D eigenvalue weighted by atomic mass is 9.95. The molecule has 0 aromatic heterocycles. The van der Waals surface area contributed by atoms with E-state index < -0.39 is 0 Å². The lowest BCUT2D eigenvalue weighted by Gasteiger charge is -2.23. The number of carbonyl (C=O) groups is 1. The molecule has 2 aliphatic carbocycles. The number of hydrogen-bond acceptors (Lipinski definition) is 2. The molecule has 1 N–H and O–H groups in total. The molecule has 0 spiro atoms. The maximum Gasteiger partial charge on any atom is 0.224 e. The minimum atomic E-state index is 0.159. The van der Waals surface area contributed by atoms with Crippen molar-refractivity contribution in [3.05, 3.63) is 29.3 Å². The molecule has 1 aromatic rings. The number of ether oxygens (including phenoxy) is 1. The lowest BCUT2D eigenvalue weighted by Crippen LogP contribution is -2.39. The van der Waals surface area contributed by atoms with Gasteiger partial charge in [0.1, 0.15) is 5.75 Å². The third kappa shape index (κ3) is 2.67. The van der Waals surface area contributed by atoms with Gasteiger partial charge in [-0.2, -0.15) is 0 Å². The van der Waals surface area contributed by atoms with Crippen LogP contribution < -0.4 is 10.1 Å². The first-order valence-corrected chi connectivity index (χ1v) is 7.58. The smallest absolute Gasteiger partial charge is 0.224 e. The zero-order valence-corrected chi connectivity index (χ0v) is 12.3. The molecule has 0 unspecified atom stereocenters. The molecule has 3 rings (SSSR count). The fourth-order valence-corrected chi connectivity index (χ4v) is 3.92. The summed E-state index contributed by atoms with van der Waals surface area (Å²) in [6, 6.07) is 6.39. The zero-order chi connectivity index (χ0) is 14.1. The molecule has 2 fully saturated rings. The SMILES string of the molecule is COc1ccc(CC(=O)N[C@@H]2C[C@H]3CC[C@H]2C3)cc1C. The Labute approximate surface area is 120 Å². The molecule has 1 aromatic carbocycles. The molecule has 20 heavy (non-hydrogen) atoms. The largest absolute Gasteiger partial charge is 0.496 e. The normalized spacial score (nSPS) is 27.6. The quantitative estimate of drug-likeness (QED) is 0.916. The highest BCUT2D eigenvalue weighted by molar-refractivity contribution is 5.79. The van der Waals surface area contributed by atoms with E-state index in [1.165, 1.54) is 25.7 Å². The topological polar surface area (TPSA) is 38.3 Å². The molecular formula is C17H23NO2. The summed E-state index contributed by atoms with van der Waals surface area (Å²) in [6.45, 7) is 2.01. The molecule has 0 heterocycles. The van der Waals surface area contributed by atoms with E-state index in [1.54, 1.807) is 7.11 Å². The van der Waals surface area contributed by atoms with Gasteiger partial charge in [-0.25, -0.2) is 0 Å². The second-order valence-corrected chi connectivity index (χ2v) is 6.33. The third-order valence-electron chi connectivity index (χ3n) is 4.91. The van der Waals surface area contributed by atoms with Crippen LogP contribution in [-0.4, -0.2) is 19.1 Å². The number of rotatable bonds is 4. The average Bonchev–Trinajstić information content (AvgIpc) is 3.01. The second kappa shape index (κ2) is 5.47. The van der Waals surface area contributed by atoms with E-state index in [9.17, 15) is 4.79 Å². The molecule has 2 aliphatic rings. The van der Waals surface area contributed by atoms with Gasteiger partial charge < -0.3 is 10.1 Å². The molecule has 3 atom stereocenters. The van der Waals surface area contributed by atoms with E-state index in [-0.39, 0.29) is 5.91 Å². The van der Waals surface area contributed by atoms with Crippen molar-refractivity contribution in [2.45, 2.75) is 45.1 Å². The molecule has 2 saturated carbocycles. The maximum atomic E-state index is 12.2. The first-order chi connectivity index (χ1) is 9.65. The number of nitrogens with one attached hydrogen (secondary N) is 1. The highest BCUT2D eigenvalue weighted by Crippen LogP contribution is 2.44. The number of amides is 1. The van der Waals surface area contributed by atoms with Crippen molar-refractivity contribution in [1.29, 1.82) is 0 Å². The predicted molar refractivity (Wildman–Crippen MR) is 78.8 cm³/mol. The summed E-state index contributed by atoms with van der Waals surface area (Å²) < 4.78 is 5.25. The molecule has 3 nitrogen and oxygen atoms in total. The summed E-state index contributed by atoms with van der Waals surface area (Å²) in [6.07, 6.45) is 5.66. The molecule has 0 radical (unpaired) electrons. The number of fused-ring (bicyclic) bond motifs is 2. The molecular weight excluding hydrogens is 250 g/mol. The summed E-state index contributed by atoms with van der Waals surface area (Å²) >= 11 is 0. The Kier molecular flexibility index (Phi) is 3.68. The first kappa shape index (κ1) is 13.5. The molecule has 3 heteroatoms. The van der Waals surface area contributed by atoms with Crippen LogP contribution >= 0.6 is 0 Å². The standard InChI is InChI=1S/C17H23NO2/c1-11-7-12(4-6-16(11)20-2)10-17(19)18-15-9-13-3-5-14(15)8-13/h4,6-7,13-15H,3,5,8-10H2,1-2H3,(H,18,19)/t13-,14-,15+/m0/s1. The van der Waals surface area contributed by atoms with Crippen molar-refractivity contribution in [2.75, 3.05) is 7.11 Å². The van der Waals surface area contributed by atoms with Crippen LogP contribution in [0.4, 0.5) is 0 Å². The number of aryl methyl sites for hydroxylation is 1. The monoisotopic (exact) mass is 273 g/mol. The van der Waals surface area contributed by atoms with Crippen LogP contribution in [0.25, 0.3) is 0 Å². The van der Waals surface area contributed by atoms with Gasteiger partial charge in [0.25, 0.3) is 0 Å². The number of benzene rings is 1. The second-order valence-electron chi connectivity index (χ2n) is 6.33. The molecule has 108 valence electrons. The van der Waals surface area contributed by atoms with E-state index in [2.05, 4.69) is 5.32 Å². The maximum absolute atomic E-state index is 12.2. The van der Waals surface area contributed by atoms with Crippen LogP contribution in [0.15, 0.2) is 18.2 Å². The van der Waals surface area contributed by atoms with Crippen LogP contribution in [0.5, 0.6) is 5.75 Å². The fraction of sp³-hybridized carbons (Fsp3) is 0.588. The van der Waals surface area contributed by atoms with Gasteiger partial charge in [0.05, 0.1) is 13.5 Å². The van der Waals surface area contributed by atoms with Crippen molar-refractivity contribution in [1.82, 2.24) is 5.32 Å². The first-order valence-electron chi connectivity index (χ1n) is 7.58. The van der Waals surface area contributed by atoms with Gasteiger partial charge in [0.15, 0.2) is 0 Å². The Balaban J connectivity index is 1.57. The molecule has 0 saturated heterocycles. The van der Waals surface area contributed by atoms with Crippen LogP contribution in [0.1, 0.15) is 36.8 Å². The Morgan fingerprint density at radius 3 is 2.80 bits per heavy atom. The minimum Gasteiger partial charge on any atom is -0.496 e. The zero-order valence-electron chi connectivity index (χ0n) is 12.3. The van der Waals surface area contributed by atoms with Crippen LogP contribution in [0.2, 0.25) is 0 Å². The van der Waals surface area contributed by atoms with Crippen molar-refractivity contribution in [3.63, 3.8) is 0 Å². The summed E-state index contributed by atoms with van der Waals surface area (Å²) in [4.78, 5) is 12.2. The van der Waals surface area contributed by atoms with Gasteiger partial charge in [-0.05, 0) is 55.2 Å². The van der Waals surface area contributed by atoms with Crippen LogP contribution in [0.3, 0.4) is 0 Å². The van der Waals surface area contributed by atoms with Crippen LogP contribution in [-0.2, 0) is 11.2 Å². The minimum absolute atomic E-state index is 0.159. The summed E-state index contributed by atoms with van der Waals surface area (Å²) in [5.74, 6) is 2.64. The van der Waals surface area contributed by atoms with Gasteiger partial charge in [-0.15, -0.1) is 0 Å². The number of hydrogen-bond donors (Lipinski definition) is 1. The van der Waals surface area contributed by atoms with E-state index in [0.29, 0.717) is 12.5 Å². The predicted octanol–water partition coefficient (Wildman–Crippen LogP) is 2.85. The average molecular weight is 273 g/mol. The van der Waals surface area contributed by atoms with Crippen molar-refractivity contribution < 1.29 is 9.53 Å². The Morgan fingerprint density at radius 2 is 2.20 bits per heavy atom. The van der Waals surface area contributed by atoms with Crippen molar-refractivity contribution in [2.24, 2.45) is 11.8 Å². The summed E-state index contributed by atoms with van der Waals surface area (Å²) in [7, 11) is 1.67. The third-order valence-corrected chi connectivity index (χ3v) is 4.91. The Bertz CT molecular complexity index is 512. The fourth-order valence-electron chi connectivity index (χ4n) is 3.92. The molecule has 2 bridgehead atoms. The van der Waals surface area contributed by atoms with E-state index >= 15 is 0 Å². The summed E-state index contributed by atoms with van der Waals surface area (Å²) in [5.41, 5.74) is 2.14. The summed E-state index contributed by atoms with van der Waals surface area (Å²) in [5, 5.41) is 3.24. The number of methoxy groups -OCH3 is 1. The van der Waals surface area contributed by atoms with E-state index in [0.717, 1.165) is 28.7 Å².